The molecule has 7 nitrogen and oxygen atoms in total. The number of carboxylic acid groups (broad SMARTS) is 1. The molecule has 2 amide bonds. The van der Waals surface area contributed by atoms with Crippen LogP contribution in [0.1, 0.15) is 48.2 Å². The van der Waals surface area contributed by atoms with Crippen molar-refractivity contribution in [2.45, 2.75) is 38.3 Å². The third-order valence-corrected chi connectivity index (χ3v) is 7.41. The molecule has 4 rings (SSSR count). The molecule has 35 heavy (non-hydrogen) atoms. The van der Waals surface area contributed by atoms with Crippen molar-refractivity contribution in [2.24, 2.45) is 5.92 Å². The fraction of sp³-hybridized carbons (Fsp3) is 0.296. The Kier molecular flexibility index (Phi) is 7.51. The van der Waals surface area contributed by atoms with Gasteiger partial charge in [-0.3, -0.25) is 4.79 Å². The molecule has 0 radical (unpaired) electrons. The summed E-state index contributed by atoms with van der Waals surface area (Å²) < 4.78 is 5.60. The highest BCUT2D eigenvalue weighted by Crippen LogP contribution is 2.44. The van der Waals surface area contributed by atoms with Gasteiger partial charge in [0.1, 0.15) is 18.7 Å². The number of amides is 2. The summed E-state index contributed by atoms with van der Waals surface area (Å²) in [7, 11) is 0. The summed E-state index contributed by atoms with van der Waals surface area (Å²) in [4.78, 5) is 38.2. The first-order valence-electron chi connectivity index (χ1n) is 11.6. The Hall–Kier alpha value is -3.65. The Labute approximate surface area is 208 Å². The van der Waals surface area contributed by atoms with Crippen LogP contribution in [0.25, 0.3) is 11.1 Å². The number of rotatable bonds is 9. The summed E-state index contributed by atoms with van der Waals surface area (Å²) in [5, 5.41) is 16.6. The van der Waals surface area contributed by atoms with Crippen LogP contribution in [0.15, 0.2) is 66.0 Å². The summed E-state index contributed by atoms with van der Waals surface area (Å²) >= 11 is 1.30. The molecule has 1 aliphatic rings. The van der Waals surface area contributed by atoms with Crippen LogP contribution in [-0.4, -0.2) is 35.7 Å². The summed E-state index contributed by atoms with van der Waals surface area (Å²) in [5.41, 5.74) is 4.43. The summed E-state index contributed by atoms with van der Waals surface area (Å²) in [6.45, 7) is 3.74. The normalized spacial score (nSPS) is 14.8. The molecule has 3 aromatic rings. The largest absolute Gasteiger partial charge is 0.480 e. The van der Waals surface area contributed by atoms with E-state index < -0.39 is 30.1 Å². The van der Waals surface area contributed by atoms with Gasteiger partial charge in [-0.05, 0) is 39.6 Å². The number of benzene rings is 2. The van der Waals surface area contributed by atoms with Crippen molar-refractivity contribution in [3.8, 4) is 11.1 Å². The summed E-state index contributed by atoms with van der Waals surface area (Å²) in [5.74, 6) is -2.08. The van der Waals surface area contributed by atoms with E-state index in [9.17, 15) is 19.5 Å². The van der Waals surface area contributed by atoms with E-state index in [-0.39, 0.29) is 18.4 Å². The molecular formula is C27H28N2O5S. The SMILES string of the molecule is CCC(C)C(NC(=O)C(NC(=O)OCC1c2ccccc2-c2ccccc21)c1cccs1)C(=O)O. The van der Waals surface area contributed by atoms with Gasteiger partial charge in [-0.15, -0.1) is 11.3 Å². The number of carbonyl (C=O) groups is 3. The molecule has 2 aromatic carbocycles. The second kappa shape index (κ2) is 10.7. The number of aliphatic carboxylic acids is 1. The number of fused-ring (bicyclic) bond motifs is 3. The van der Waals surface area contributed by atoms with Gasteiger partial charge in [-0.2, -0.15) is 0 Å². The number of ether oxygens (including phenoxy) is 1. The molecule has 0 aliphatic heterocycles. The van der Waals surface area contributed by atoms with Gasteiger partial charge in [-0.1, -0.05) is 74.9 Å². The van der Waals surface area contributed by atoms with Gasteiger partial charge in [0.25, 0.3) is 0 Å². The van der Waals surface area contributed by atoms with Gasteiger partial charge in [0, 0.05) is 10.8 Å². The third kappa shape index (κ3) is 5.22. The van der Waals surface area contributed by atoms with Crippen molar-refractivity contribution in [3.05, 3.63) is 82.0 Å². The third-order valence-electron chi connectivity index (χ3n) is 6.47. The van der Waals surface area contributed by atoms with Crippen molar-refractivity contribution < 1.29 is 24.2 Å². The standard InChI is InChI=1S/C27H28N2O5S/c1-3-16(2)23(26(31)32)28-25(30)24(22-13-8-14-35-22)29-27(33)34-15-21-19-11-6-4-9-17(19)18-10-5-7-12-20(18)21/h4-14,16,21,23-24H,3,15H2,1-2H3,(H,28,30)(H,29,33)(H,31,32). The van der Waals surface area contributed by atoms with Crippen molar-refractivity contribution >= 4 is 29.3 Å². The van der Waals surface area contributed by atoms with Crippen molar-refractivity contribution in [2.75, 3.05) is 6.61 Å². The maximum absolute atomic E-state index is 13.1. The van der Waals surface area contributed by atoms with E-state index in [0.29, 0.717) is 11.3 Å². The van der Waals surface area contributed by atoms with Crippen LogP contribution in [0.3, 0.4) is 0 Å². The number of carboxylic acids is 1. The number of hydrogen-bond donors (Lipinski definition) is 3. The predicted octanol–water partition coefficient (Wildman–Crippen LogP) is 4.94. The zero-order valence-electron chi connectivity index (χ0n) is 19.6. The summed E-state index contributed by atoms with van der Waals surface area (Å²) in [6, 6.07) is 17.4. The van der Waals surface area contributed by atoms with Crippen LogP contribution in [-0.2, 0) is 14.3 Å². The van der Waals surface area contributed by atoms with E-state index in [2.05, 4.69) is 22.8 Å². The van der Waals surface area contributed by atoms with Crippen LogP contribution in [0, 0.1) is 5.92 Å². The lowest BCUT2D eigenvalue weighted by Crippen LogP contribution is -2.49. The van der Waals surface area contributed by atoms with Crippen molar-refractivity contribution in [3.63, 3.8) is 0 Å². The second-order valence-electron chi connectivity index (χ2n) is 8.63. The van der Waals surface area contributed by atoms with Crippen molar-refractivity contribution in [1.29, 1.82) is 0 Å². The maximum Gasteiger partial charge on any atom is 0.408 e. The Morgan fingerprint density at radius 3 is 2.14 bits per heavy atom. The topological polar surface area (TPSA) is 105 Å². The average Bonchev–Trinajstić information content (AvgIpc) is 3.50. The van der Waals surface area contributed by atoms with E-state index in [1.54, 1.807) is 24.4 Å². The van der Waals surface area contributed by atoms with Crippen LogP contribution in [0.4, 0.5) is 4.79 Å². The molecule has 3 N–H and O–H groups in total. The number of alkyl carbamates (subject to hydrolysis) is 1. The minimum Gasteiger partial charge on any atom is -0.480 e. The molecule has 0 spiro atoms. The highest BCUT2D eigenvalue weighted by molar-refractivity contribution is 7.10. The quantitative estimate of drug-likeness (QED) is 0.392. The lowest BCUT2D eigenvalue weighted by molar-refractivity contribution is -0.143. The zero-order valence-corrected chi connectivity index (χ0v) is 20.4. The molecule has 0 saturated carbocycles. The molecule has 1 aromatic heterocycles. The first-order chi connectivity index (χ1) is 16.9. The van der Waals surface area contributed by atoms with E-state index in [1.807, 2.05) is 43.3 Å². The predicted molar refractivity (Wildman–Crippen MR) is 134 cm³/mol. The molecule has 0 bridgehead atoms. The van der Waals surface area contributed by atoms with Crippen LogP contribution < -0.4 is 10.6 Å². The molecule has 8 heteroatoms. The van der Waals surface area contributed by atoms with Gasteiger partial charge < -0.3 is 20.5 Å². The number of carbonyl (C=O) groups excluding carboxylic acids is 2. The molecule has 0 saturated heterocycles. The van der Waals surface area contributed by atoms with E-state index in [0.717, 1.165) is 22.3 Å². The molecule has 1 aliphatic carbocycles. The molecule has 182 valence electrons. The lowest BCUT2D eigenvalue weighted by Gasteiger charge is -2.24. The number of hydrogen-bond acceptors (Lipinski definition) is 5. The highest BCUT2D eigenvalue weighted by atomic mass is 32.1. The molecule has 3 unspecified atom stereocenters. The van der Waals surface area contributed by atoms with Gasteiger partial charge in [0.2, 0.25) is 5.91 Å². The zero-order chi connectivity index (χ0) is 24.9. The van der Waals surface area contributed by atoms with Crippen molar-refractivity contribution in [1.82, 2.24) is 10.6 Å². The first kappa shape index (κ1) is 24.5. The van der Waals surface area contributed by atoms with E-state index in [4.69, 9.17) is 4.74 Å². The molecule has 0 fully saturated rings. The Bertz CT molecular complexity index is 1160. The van der Waals surface area contributed by atoms with E-state index >= 15 is 0 Å². The Balaban J connectivity index is 1.47. The molecular weight excluding hydrogens is 464 g/mol. The smallest absolute Gasteiger partial charge is 0.408 e. The first-order valence-corrected chi connectivity index (χ1v) is 12.5. The van der Waals surface area contributed by atoms with Gasteiger partial charge in [-0.25, -0.2) is 9.59 Å². The Morgan fingerprint density at radius 2 is 1.60 bits per heavy atom. The van der Waals surface area contributed by atoms with Crippen LogP contribution in [0.5, 0.6) is 0 Å². The van der Waals surface area contributed by atoms with Crippen LogP contribution >= 0.6 is 11.3 Å². The fourth-order valence-corrected chi connectivity index (χ4v) is 5.17. The van der Waals surface area contributed by atoms with Gasteiger partial charge in [0.15, 0.2) is 0 Å². The fourth-order valence-electron chi connectivity index (χ4n) is 4.40. The minimum absolute atomic E-state index is 0.107. The minimum atomic E-state index is -1.11. The number of nitrogens with one attached hydrogen (secondary N) is 2. The molecule has 1 heterocycles. The van der Waals surface area contributed by atoms with Gasteiger partial charge >= 0.3 is 12.1 Å². The number of thiophene rings is 1. The van der Waals surface area contributed by atoms with E-state index in [1.165, 1.54) is 11.3 Å². The van der Waals surface area contributed by atoms with Crippen LogP contribution in [0.2, 0.25) is 0 Å². The monoisotopic (exact) mass is 492 g/mol. The maximum atomic E-state index is 13.1. The second-order valence-corrected chi connectivity index (χ2v) is 9.61. The lowest BCUT2D eigenvalue weighted by atomic mass is 9.98. The molecule has 3 atom stereocenters. The average molecular weight is 493 g/mol. The van der Waals surface area contributed by atoms with Gasteiger partial charge in [0.05, 0.1) is 0 Å². The Morgan fingerprint density at radius 1 is 0.971 bits per heavy atom. The summed E-state index contributed by atoms with van der Waals surface area (Å²) in [6.07, 6.45) is -0.156. The highest BCUT2D eigenvalue weighted by Gasteiger charge is 2.32.